The molecule has 9 heteroatoms. The monoisotopic (exact) mass is 465 g/mol. The predicted molar refractivity (Wildman–Crippen MR) is 126 cm³/mol. The van der Waals surface area contributed by atoms with E-state index in [1.807, 2.05) is 37.4 Å². The maximum atomic E-state index is 13.2. The Morgan fingerprint density at radius 2 is 2.00 bits per heavy atom. The minimum absolute atomic E-state index is 0.125. The molecule has 0 aliphatic carbocycles. The summed E-state index contributed by atoms with van der Waals surface area (Å²) in [5.41, 5.74) is 3.36. The van der Waals surface area contributed by atoms with E-state index < -0.39 is 18.1 Å². The topological polar surface area (TPSA) is 106 Å². The fourth-order valence-electron chi connectivity index (χ4n) is 4.71. The molecule has 33 heavy (non-hydrogen) atoms. The normalized spacial score (nSPS) is 22.2. The lowest BCUT2D eigenvalue weighted by atomic mass is 10.0. The molecular formula is C24H24ClN5O3. The summed E-state index contributed by atoms with van der Waals surface area (Å²) in [6, 6.07) is 11.2. The molecule has 4 amide bonds. The van der Waals surface area contributed by atoms with Crippen molar-refractivity contribution in [3.8, 4) is 0 Å². The molecule has 3 heterocycles. The molecule has 0 spiro atoms. The molecule has 2 fully saturated rings. The summed E-state index contributed by atoms with van der Waals surface area (Å²) in [5.74, 6) is -0.310. The number of nitrogens with one attached hydrogen (secondary N) is 4. The molecule has 4 N–H and O–H groups in total. The summed E-state index contributed by atoms with van der Waals surface area (Å²) in [7, 11) is 0. The second kappa shape index (κ2) is 8.44. The number of carbonyl (C=O) groups excluding carboxylic acids is 3. The standard InChI is InChI=1S/C24H24ClN5O3/c1-13-17(25)6-4-8-18(13)29-24(33)27-15-10-21-22(31)28-20(23(32)30(21)12-15)9-14-11-26-19-7-3-2-5-16(14)19/h2-8,11,15,20-21,26H,9-10,12H2,1H3,(H,28,31)(H2,27,29,33)/t15-,20-,21-/m0/s1. The SMILES string of the molecule is Cc1c(Cl)cccc1NC(=O)N[C@H]1C[C@H]2C(=O)N[C@@H](Cc3c[nH]c4ccccc34)C(=O)N2C1. The zero-order chi connectivity index (χ0) is 23.1. The van der Waals surface area contributed by atoms with Crippen LogP contribution >= 0.6 is 11.6 Å². The van der Waals surface area contributed by atoms with Crippen LogP contribution in [0.2, 0.25) is 5.02 Å². The Kier molecular flexibility index (Phi) is 5.46. The van der Waals surface area contributed by atoms with E-state index in [0.717, 1.165) is 22.0 Å². The van der Waals surface area contributed by atoms with Gasteiger partial charge in [-0.2, -0.15) is 0 Å². The number of aromatic amines is 1. The van der Waals surface area contributed by atoms with E-state index in [1.165, 1.54) is 0 Å². The molecule has 2 aromatic carbocycles. The van der Waals surface area contributed by atoms with Crippen LogP contribution in [0.4, 0.5) is 10.5 Å². The number of anilines is 1. The van der Waals surface area contributed by atoms with E-state index in [-0.39, 0.29) is 17.9 Å². The van der Waals surface area contributed by atoms with Crippen molar-refractivity contribution >= 4 is 46.0 Å². The van der Waals surface area contributed by atoms with E-state index in [0.29, 0.717) is 30.1 Å². The Morgan fingerprint density at radius 1 is 1.18 bits per heavy atom. The number of benzene rings is 2. The number of H-pyrrole nitrogens is 1. The molecule has 3 atom stereocenters. The first-order valence-corrected chi connectivity index (χ1v) is 11.3. The van der Waals surface area contributed by atoms with Crippen molar-refractivity contribution in [3.63, 3.8) is 0 Å². The van der Waals surface area contributed by atoms with Gasteiger partial charge in [0.15, 0.2) is 0 Å². The second-order valence-corrected chi connectivity index (χ2v) is 8.98. The van der Waals surface area contributed by atoms with Gasteiger partial charge in [-0.1, -0.05) is 35.9 Å². The molecule has 5 rings (SSSR count). The number of aromatic nitrogens is 1. The number of halogens is 1. The second-order valence-electron chi connectivity index (χ2n) is 8.57. The van der Waals surface area contributed by atoms with Gasteiger partial charge in [0.05, 0.1) is 6.04 Å². The summed E-state index contributed by atoms with van der Waals surface area (Å²) in [6.45, 7) is 2.12. The van der Waals surface area contributed by atoms with Crippen molar-refractivity contribution in [2.75, 3.05) is 11.9 Å². The lowest BCUT2D eigenvalue weighted by Crippen LogP contribution is -2.61. The number of rotatable bonds is 4. The van der Waals surface area contributed by atoms with Crippen LogP contribution in [-0.4, -0.2) is 52.4 Å². The van der Waals surface area contributed by atoms with Gasteiger partial charge in [0.25, 0.3) is 0 Å². The van der Waals surface area contributed by atoms with Crippen LogP contribution in [-0.2, 0) is 16.0 Å². The zero-order valence-corrected chi connectivity index (χ0v) is 18.8. The summed E-state index contributed by atoms with van der Waals surface area (Å²) in [4.78, 5) is 43.3. The Morgan fingerprint density at radius 3 is 2.85 bits per heavy atom. The van der Waals surface area contributed by atoms with E-state index >= 15 is 0 Å². The quantitative estimate of drug-likeness (QED) is 0.476. The molecule has 2 saturated heterocycles. The highest BCUT2D eigenvalue weighted by atomic mass is 35.5. The number of amides is 4. The Labute approximate surface area is 195 Å². The smallest absolute Gasteiger partial charge is 0.319 e. The summed E-state index contributed by atoms with van der Waals surface area (Å²) in [6.07, 6.45) is 2.66. The fourth-order valence-corrected chi connectivity index (χ4v) is 4.88. The van der Waals surface area contributed by atoms with E-state index in [1.54, 1.807) is 23.1 Å². The number of piperazine rings is 1. The molecule has 8 nitrogen and oxygen atoms in total. The number of hydrogen-bond acceptors (Lipinski definition) is 3. The van der Waals surface area contributed by atoms with E-state index in [4.69, 9.17) is 11.6 Å². The van der Waals surface area contributed by atoms with Gasteiger partial charge in [-0.25, -0.2) is 4.79 Å². The molecule has 0 radical (unpaired) electrons. The molecule has 0 bridgehead atoms. The van der Waals surface area contributed by atoms with Gasteiger partial charge in [-0.05, 0) is 42.7 Å². The van der Waals surface area contributed by atoms with Gasteiger partial charge >= 0.3 is 6.03 Å². The Balaban J connectivity index is 1.25. The van der Waals surface area contributed by atoms with Crippen molar-refractivity contribution < 1.29 is 14.4 Å². The fraction of sp³-hybridized carbons (Fsp3) is 0.292. The summed E-state index contributed by atoms with van der Waals surface area (Å²) < 4.78 is 0. The number of fused-ring (bicyclic) bond motifs is 2. The number of para-hydroxylation sites is 1. The zero-order valence-electron chi connectivity index (χ0n) is 18.0. The van der Waals surface area contributed by atoms with Crippen LogP contribution < -0.4 is 16.0 Å². The van der Waals surface area contributed by atoms with Crippen molar-refractivity contribution in [2.45, 2.75) is 37.9 Å². The van der Waals surface area contributed by atoms with Crippen LogP contribution in [0, 0.1) is 6.92 Å². The molecule has 0 unspecified atom stereocenters. The third-order valence-corrected chi connectivity index (χ3v) is 6.86. The van der Waals surface area contributed by atoms with Gasteiger partial charge < -0.3 is 25.8 Å². The number of carbonyl (C=O) groups is 3. The van der Waals surface area contributed by atoms with Crippen LogP contribution in [0.15, 0.2) is 48.7 Å². The Bertz CT molecular complexity index is 1260. The lowest BCUT2D eigenvalue weighted by Gasteiger charge is -2.34. The number of hydrogen-bond donors (Lipinski definition) is 4. The highest BCUT2D eigenvalue weighted by Crippen LogP contribution is 2.27. The molecule has 2 aliphatic rings. The highest BCUT2D eigenvalue weighted by Gasteiger charge is 2.46. The van der Waals surface area contributed by atoms with Crippen molar-refractivity contribution in [3.05, 3.63) is 64.8 Å². The molecule has 2 aliphatic heterocycles. The molecule has 3 aromatic rings. The maximum Gasteiger partial charge on any atom is 0.319 e. The first kappa shape index (κ1) is 21.3. The molecule has 170 valence electrons. The van der Waals surface area contributed by atoms with Crippen molar-refractivity contribution in [1.82, 2.24) is 20.5 Å². The Hall–Kier alpha value is -3.52. The minimum Gasteiger partial charge on any atom is -0.361 e. The third-order valence-electron chi connectivity index (χ3n) is 6.45. The van der Waals surface area contributed by atoms with Gasteiger partial charge in [-0.15, -0.1) is 0 Å². The first-order valence-electron chi connectivity index (χ1n) is 10.9. The van der Waals surface area contributed by atoms with Gasteiger partial charge in [0, 0.05) is 40.8 Å². The van der Waals surface area contributed by atoms with Crippen LogP contribution in [0.1, 0.15) is 17.5 Å². The van der Waals surface area contributed by atoms with Crippen molar-refractivity contribution in [2.24, 2.45) is 0 Å². The maximum absolute atomic E-state index is 13.2. The minimum atomic E-state index is -0.630. The predicted octanol–water partition coefficient (Wildman–Crippen LogP) is 2.96. The lowest BCUT2D eigenvalue weighted by molar-refractivity contribution is -0.146. The van der Waals surface area contributed by atoms with Gasteiger partial charge in [-0.3, -0.25) is 9.59 Å². The average molecular weight is 466 g/mol. The first-order chi connectivity index (χ1) is 15.9. The van der Waals surface area contributed by atoms with Gasteiger partial charge in [0.2, 0.25) is 11.8 Å². The molecular weight excluding hydrogens is 442 g/mol. The van der Waals surface area contributed by atoms with Crippen molar-refractivity contribution in [1.29, 1.82) is 0 Å². The van der Waals surface area contributed by atoms with Crippen LogP contribution in [0.25, 0.3) is 10.9 Å². The van der Waals surface area contributed by atoms with Crippen LogP contribution in [0.3, 0.4) is 0 Å². The third kappa shape index (κ3) is 4.02. The number of nitrogens with zero attached hydrogens (tertiary/aromatic N) is 1. The highest BCUT2D eigenvalue weighted by molar-refractivity contribution is 6.31. The molecule has 0 saturated carbocycles. The number of urea groups is 1. The largest absolute Gasteiger partial charge is 0.361 e. The average Bonchev–Trinajstić information content (AvgIpc) is 3.40. The van der Waals surface area contributed by atoms with E-state index in [9.17, 15) is 14.4 Å². The van der Waals surface area contributed by atoms with E-state index in [2.05, 4.69) is 20.9 Å². The summed E-state index contributed by atoms with van der Waals surface area (Å²) in [5, 5.41) is 10.2. The van der Waals surface area contributed by atoms with Gasteiger partial charge in [0.1, 0.15) is 12.1 Å². The molecule has 1 aromatic heterocycles. The van der Waals surface area contributed by atoms with Crippen LogP contribution in [0.5, 0.6) is 0 Å². The summed E-state index contributed by atoms with van der Waals surface area (Å²) >= 11 is 6.12.